The third kappa shape index (κ3) is 6.69. The number of alkyl halides is 2. The SMILES string of the molecule is O=C(Cn1ccc2cccnc21)OC(Cc1c(Cl)c[n+]([O-])cc1Cl)c1ccc(OC(F)F)c(OCC2CC2)c1. The van der Waals surface area contributed by atoms with Gasteiger partial charge in [0, 0.05) is 29.8 Å². The van der Waals surface area contributed by atoms with Crippen molar-refractivity contribution in [1.82, 2.24) is 9.55 Å². The van der Waals surface area contributed by atoms with Crippen LogP contribution in [0.1, 0.15) is 30.1 Å². The lowest BCUT2D eigenvalue weighted by Gasteiger charge is -2.21. The Morgan fingerprint density at radius 3 is 2.64 bits per heavy atom. The molecule has 1 aliphatic carbocycles. The van der Waals surface area contributed by atoms with Gasteiger partial charge in [-0.15, -0.1) is 0 Å². The second kappa shape index (κ2) is 11.6. The van der Waals surface area contributed by atoms with E-state index in [0.717, 1.165) is 30.6 Å². The molecule has 0 bridgehead atoms. The molecule has 1 atom stereocenters. The van der Waals surface area contributed by atoms with Crippen LogP contribution in [0.15, 0.2) is 61.2 Å². The molecule has 1 fully saturated rings. The van der Waals surface area contributed by atoms with Gasteiger partial charge in [-0.3, -0.25) is 4.79 Å². The first-order chi connectivity index (χ1) is 18.8. The van der Waals surface area contributed by atoms with Gasteiger partial charge in [-0.2, -0.15) is 13.5 Å². The summed E-state index contributed by atoms with van der Waals surface area (Å²) in [7, 11) is 0. The molecule has 1 unspecified atom stereocenters. The van der Waals surface area contributed by atoms with E-state index >= 15 is 0 Å². The summed E-state index contributed by atoms with van der Waals surface area (Å²) in [5, 5.41) is 12.8. The number of esters is 1. The molecule has 8 nitrogen and oxygen atoms in total. The van der Waals surface area contributed by atoms with Crippen molar-refractivity contribution in [3.8, 4) is 11.5 Å². The summed E-state index contributed by atoms with van der Waals surface area (Å²) in [4.78, 5) is 17.4. The Balaban J connectivity index is 1.45. The maximum absolute atomic E-state index is 13.1. The highest BCUT2D eigenvalue weighted by Gasteiger charge is 2.26. The molecule has 204 valence electrons. The Morgan fingerprint density at radius 1 is 1.15 bits per heavy atom. The van der Waals surface area contributed by atoms with Crippen molar-refractivity contribution in [2.75, 3.05) is 6.61 Å². The topological polar surface area (TPSA) is 89.5 Å². The van der Waals surface area contributed by atoms with Gasteiger partial charge in [0.25, 0.3) is 0 Å². The van der Waals surface area contributed by atoms with E-state index in [4.69, 9.17) is 32.7 Å². The van der Waals surface area contributed by atoms with E-state index in [1.165, 1.54) is 18.2 Å². The van der Waals surface area contributed by atoms with Crippen molar-refractivity contribution < 1.29 is 32.5 Å². The van der Waals surface area contributed by atoms with Gasteiger partial charge in [0.1, 0.15) is 28.3 Å². The fraction of sp³-hybridized carbons (Fsp3) is 0.296. The number of halogens is 4. The number of nitrogens with zero attached hydrogens (tertiary/aromatic N) is 3. The average molecular weight is 578 g/mol. The molecule has 3 aromatic heterocycles. The molecule has 1 aliphatic rings. The Hall–Kier alpha value is -3.63. The van der Waals surface area contributed by atoms with E-state index in [0.29, 0.717) is 34.0 Å². The first-order valence-electron chi connectivity index (χ1n) is 12.1. The number of pyridine rings is 2. The molecular formula is C27H23Cl2F2N3O5. The summed E-state index contributed by atoms with van der Waals surface area (Å²) in [6.45, 7) is -2.83. The fourth-order valence-corrected chi connectivity index (χ4v) is 4.74. The number of hydrogen-bond donors (Lipinski definition) is 0. The summed E-state index contributed by atoms with van der Waals surface area (Å²) >= 11 is 12.6. The number of ether oxygens (including phenoxy) is 3. The monoisotopic (exact) mass is 577 g/mol. The lowest BCUT2D eigenvalue weighted by atomic mass is 10.0. The first kappa shape index (κ1) is 27.0. The molecule has 0 amide bonds. The second-order valence-corrected chi connectivity index (χ2v) is 9.99. The second-order valence-electron chi connectivity index (χ2n) is 9.17. The summed E-state index contributed by atoms with van der Waals surface area (Å²) < 4.78 is 44.5. The maximum atomic E-state index is 13.1. The summed E-state index contributed by atoms with van der Waals surface area (Å²) in [6, 6.07) is 9.85. The molecule has 12 heteroatoms. The zero-order valence-electron chi connectivity index (χ0n) is 20.4. The van der Waals surface area contributed by atoms with Gasteiger partial charge in [0.15, 0.2) is 23.9 Å². The molecule has 4 aromatic rings. The number of hydrogen-bond acceptors (Lipinski definition) is 6. The normalized spacial score (nSPS) is 14.0. The van der Waals surface area contributed by atoms with Crippen LogP contribution in [0.2, 0.25) is 10.0 Å². The molecular weight excluding hydrogens is 555 g/mol. The highest BCUT2D eigenvalue weighted by molar-refractivity contribution is 6.35. The van der Waals surface area contributed by atoms with Crippen LogP contribution in [0.5, 0.6) is 11.5 Å². The minimum Gasteiger partial charge on any atom is -0.619 e. The predicted octanol–water partition coefficient (Wildman–Crippen LogP) is 5.89. The predicted molar refractivity (Wildman–Crippen MR) is 139 cm³/mol. The van der Waals surface area contributed by atoms with E-state index < -0.39 is 18.7 Å². The van der Waals surface area contributed by atoms with E-state index in [9.17, 15) is 18.8 Å². The van der Waals surface area contributed by atoms with Gasteiger partial charge < -0.3 is 24.0 Å². The number of benzene rings is 1. The van der Waals surface area contributed by atoms with Crippen LogP contribution in [0, 0.1) is 11.1 Å². The lowest BCUT2D eigenvalue weighted by molar-refractivity contribution is -0.605. The van der Waals surface area contributed by atoms with Gasteiger partial charge in [-0.05, 0) is 54.7 Å². The van der Waals surface area contributed by atoms with Crippen molar-refractivity contribution in [1.29, 1.82) is 0 Å². The summed E-state index contributed by atoms with van der Waals surface area (Å²) in [6.07, 6.45) is 6.69. The third-order valence-electron chi connectivity index (χ3n) is 6.27. The molecule has 1 aromatic carbocycles. The standard InChI is InChI=1S/C27H23Cl2F2N3O5/c28-20-12-34(36)13-21(29)19(20)11-23(38-25(35)14-33-9-7-17-2-1-8-32-26(17)33)18-5-6-22(39-27(30)31)24(10-18)37-15-16-3-4-16/h1-2,5-10,12-13,16,23,27H,3-4,11,14-15H2. The lowest BCUT2D eigenvalue weighted by Crippen LogP contribution is -2.26. The van der Waals surface area contributed by atoms with Crippen molar-refractivity contribution in [2.24, 2.45) is 5.92 Å². The van der Waals surface area contributed by atoms with Crippen LogP contribution in [-0.2, 0) is 22.5 Å². The van der Waals surface area contributed by atoms with E-state index in [1.54, 1.807) is 23.0 Å². The Morgan fingerprint density at radius 2 is 1.92 bits per heavy atom. The summed E-state index contributed by atoms with van der Waals surface area (Å²) in [5.74, 6) is -0.262. The highest BCUT2D eigenvalue weighted by Crippen LogP contribution is 2.37. The van der Waals surface area contributed by atoms with Gasteiger partial charge in [0.2, 0.25) is 0 Å². The number of carbonyl (C=O) groups excluding carboxylic acids is 1. The smallest absolute Gasteiger partial charge is 0.387 e. The zero-order chi connectivity index (χ0) is 27.5. The van der Waals surface area contributed by atoms with Gasteiger partial charge in [-0.25, -0.2) is 4.98 Å². The van der Waals surface area contributed by atoms with Crippen LogP contribution >= 0.6 is 23.2 Å². The largest absolute Gasteiger partial charge is 0.619 e. The van der Waals surface area contributed by atoms with Gasteiger partial charge in [-0.1, -0.05) is 29.3 Å². The number of aromatic nitrogens is 3. The van der Waals surface area contributed by atoms with Crippen molar-refractivity contribution in [3.63, 3.8) is 0 Å². The Labute approximate surface area is 232 Å². The molecule has 39 heavy (non-hydrogen) atoms. The van der Waals surface area contributed by atoms with E-state index in [2.05, 4.69) is 9.72 Å². The van der Waals surface area contributed by atoms with Crippen molar-refractivity contribution in [3.05, 3.63) is 87.6 Å². The quantitative estimate of drug-likeness (QED) is 0.125. The van der Waals surface area contributed by atoms with E-state index in [1.807, 2.05) is 12.1 Å². The number of fused-ring (bicyclic) bond motifs is 1. The molecule has 1 saturated carbocycles. The highest BCUT2D eigenvalue weighted by atomic mass is 35.5. The average Bonchev–Trinajstić information content (AvgIpc) is 3.64. The van der Waals surface area contributed by atoms with Crippen LogP contribution in [0.4, 0.5) is 8.78 Å². The van der Waals surface area contributed by atoms with Crippen LogP contribution in [0.25, 0.3) is 11.0 Å². The van der Waals surface area contributed by atoms with Crippen LogP contribution in [-0.4, -0.2) is 28.7 Å². The van der Waals surface area contributed by atoms with Crippen molar-refractivity contribution in [2.45, 2.75) is 38.5 Å². The molecule has 0 radical (unpaired) electrons. The number of rotatable bonds is 11. The summed E-state index contributed by atoms with van der Waals surface area (Å²) in [5.41, 5.74) is 1.44. The molecule has 5 rings (SSSR count). The Kier molecular flexibility index (Phi) is 8.04. The molecule has 0 saturated heterocycles. The minimum atomic E-state index is -3.04. The molecule has 0 aliphatic heterocycles. The molecule has 0 spiro atoms. The van der Waals surface area contributed by atoms with E-state index in [-0.39, 0.29) is 34.5 Å². The van der Waals surface area contributed by atoms with Crippen molar-refractivity contribution >= 4 is 40.2 Å². The molecule has 0 N–H and O–H groups in total. The third-order valence-corrected chi connectivity index (χ3v) is 6.92. The fourth-order valence-electron chi connectivity index (χ4n) is 4.14. The molecule has 3 heterocycles. The van der Waals surface area contributed by atoms with Gasteiger partial charge in [0.05, 0.1) is 6.61 Å². The minimum absolute atomic E-state index is 0.00599. The first-order valence-corrected chi connectivity index (χ1v) is 12.9. The van der Waals surface area contributed by atoms with Gasteiger partial charge >= 0.3 is 12.6 Å². The maximum Gasteiger partial charge on any atom is 0.387 e. The number of carbonyl (C=O) groups is 1. The van der Waals surface area contributed by atoms with Crippen LogP contribution < -0.4 is 14.2 Å². The van der Waals surface area contributed by atoms with Crippen LogP contribution in [0.3, 0.4) is 0 Å². The zero-order valence-corrected chi connectivity index (χ0v) is 21.9. The Bertz CT molecular complexity index is 1470.